The molecule has 0 aliphatic carbocycles. The highest BCUT2D eigenvalue weighted by molar-refractivity contribution is 7.99. The number of thioether (sulfide) groups is 1. The van der Waals surface area contributed by atoms with Gasteiger partial charge in [0.2, 0.25) is 0 Å². The van der Waals surface area contributed by atoms with Crippen LogP contribution in [0.1, 0.15) is 31.4 Å². The van der Waals surface area contributed by atoms with Crippen LogP contribution in [-0.4, -0.2) is 19.8 Å². The predicted molar refractivity (Wildman–Crippen MR) is 114 cm³/mol. The zero-order valence-electron chi connectivity index (χ0n) is 16.0. The van der Waals surface area contributed by atoms with Crippen LogP contribution in [0.3, 0.4) is 0 Å². The van der Waals surface area contributed by atoms with Gasteiger partial charge >= 0.3 is 0 Å². The Bertz CT molecular complexity index is 1190. The number of rotatable bonds is 4. The Kier molecular flexibility index (Phi) is 4.56. The second kappa shape index (κ2) is 6.89. The molecular formula is C22H23N3OS. The monoisotopic (exact) mass is 377 g/mol. The van der Waals surface area contributed by atoms with Crippen molar-refractivity contribution in [1.82, 2.24) is 14.5 Å². The van der Waals surface area contributed by atoms with E-state index in [-0.39, 0.29) is 5.56 Å². The van der Waals surface area contributed by atoms with E-state index in [2.05, 4.69) is 38.7 Å². The maximum Gasteiger partial charge on any atom is 0.283 e. The molecule has 2 aromatic heterocycles. The largest absolute Gasteiger partial charge is 0.349 e. The summed E-state index contributed by atoms with van der Waals surface area (Å²) in [5.41, 5.74) is 5.34. The van der Waals surface area contributed by atoms with Gasteiger partial charge in [0.15, 0.2) is 5.16 Å². The molecule has 0 spiro atoms. The van der Waals surface area contributed by atoms with Gasteiger partial charge in [0.1, 0.15) is 11.0 Å². The molecule has 0 aliphatic heterocycles. The average molecular weight is 378 g/mol. The lowest BCUT2D eigenvalue weighted by Crippen LogP contribution is -2.22. The van der Waals surface area contributed by atoms with Gasteiger partial charge in [-0.05, 0) is 49.6 Å². The molecule has 27 heavy (non-hydrogen) atoms. The first-order valence-electron chi connectivity index (χ1n) is 9.26. The Morgan fingerprint density at radius 3 is 2.56 bits per heavy atom. The third-order valence-electron chi connectivity index (χ3n) is 4.84. The van der Waals surface area contributed by atoms with Gasteiger partial charge in [-0.1, -0.05) is 49.9 Å². The van der Waals surface area contributed by atoms with E-state index < -0.39 is 0 Å². The van der Waals surface area contributed by atoms with E-state index in [4.69, 9.17) is 4.98 Å². The molecule has 138 valence electrons. The van der Waals surface area contributed by atoms with Gasteiger partial charge in [-0.25, -0.2) is 4.98 Å². The van der Waals surface area contributed by atoms with E-state index in [1.165, 1.54) is 0 Å². The molecule has 0 saturated carbocycles. The molecule has 0 aliphatic rings. The molecule has 2 aromatic carbocycles. The van der Waals surface area contributed by atoms with Gasteiger partial charge in [0.05, 0.1) is 5.69 Å². The second-order valence-electron chi connectivity index (χ2n) is 7.11. The highest BCUT2D eigenvalue weighted by Crippen LogP contribution is 2.29. The van der Waals surface area contributed by atoms with Crippen molar-refractivity contribution in [2.45, 2.75) is 44.5 Å². The van der Waals surface area contributed by atoms with Crippen LogP contribution in [0.15, 0.2) is 52.4 Å². The van der Waals surface area contributed by atoms with Gasteiger partial charge in [0, 0.05) is 16.2 Å². The van der Waals surface area contributed by atoms with E-state index in [0.717, 1.165) is 44.8 Å². The standard InChI is InChI=1S/C22H23N3OS/c1-5-15(4)27-22-24-19-17-8-6-7-9-18(17)23-20(19)21(26)25(22)16-11-13(2)10-14(3)12-16/h6-12,15,23H,5H2,1-4H3/t15-/m0/s1. The highest BCUT2D eigenvalue weighted by atomic mass is 32.2. The molecule has 4 nitrogen and oxygen atoms in total. The Balaban J connectivity index is 2.08. The molecule has 0 amide bonds. The molecule has 2 heterocycles. The number of H-pyrrole nitrogens is 1. The predicted octanol–water partition coefficient (Wildman–Crippen LogP) is 5.37. The van der Waals surface area contributed by atoms with Crippen LogP contribution >= 0.6 is 11.8 Å². The third-order valence-corrected chi connectivity index (χ3v) is 6.06. The fourth-order valence-electron chi connectivity index (χ4n) is 3.39. The Morgan fingerprint density at radius 2 is 1.85 bits per heavy atom. The van der Waals surface area contributed by atoms with Crippen LogP contribution in [0.25, 0.3) is 27.6 Å². The van der Waals surface area contributed by atoms with Crippen LogP contribution < -0.4 is 5.56 Å². The van der Waals surface area contributed by atoms with Crippen LogP contribution in [0.2, 0.25) is 0 Å². The number of para-hydroxylation sites is 1. The Hall–Kier alpha value is -2.53. The van der Waals surface area contributed by atoms with Crippen molar-refractivity contribution in [3.8, 4) is 5.69 Å². The maximum atomic E-state index is 13.5. The lowest BCUT2D eigenvalue weighted by Gasteiger charge is -2.15. The Labute approximate surface area is 162 Å². The normalized spacial score (nSPS) is 12.7. The van der Waals surface area contributed by atoms with Crippen molar-refractivity contribution in [3.63, 3.8) is 0 Å². The maximum absolute atomic E-state index is 13.5. The number of nitrogens with zero attached hydrogens (tertiary/aromatic N) is 2. The fraction of sp³-hybridized carbons (Fsp3) is 0.273. The van der Waals surface area contributed by atoms with Crippen molar-refractivity contribution < 1.29 is 0 Å². The summed E-state index contributed by atoms with van der Waals surface area (Å²) in [5.74, 6) is 0. The molecule has 0 bridgehead atoms. The van der Waals surface area contributed by atoms with E-state index in [1.807, 2.05) is 36.4 Å². The summed E-state index contributed by atoms with van der Waals surface area (Å²) >= 11 is 1.66. The molecule has 1 atom stereocenters. The van der Waals surface area contributed by atoms with Crippen LogP contribution in [0, 0.1) is 13.8 Å². The van der Waals surface area contributed by atoms with Crippen LogP contribution in [0.5, 0.6) is 0 Å². The summed E-state index contributed by atoms with van der Waals surface area (Å²) in [5, 5.41) is 2.11. The number of fused-ring (bicyclic) bond motifs is 3. The van der Waals surface area contributed by atoms with E-state index in [9.17, 15) is 4.79 Å². The molecule has 0 saturated heterocycles. The van der Waals surface area contributed by atoms with Crippen LogP contribution in [0.4, 0.5) is 0 Å². The van der Waals surface area contributed by atoms with Crippen LogP contribution in [-0.2, 0) is 0 Å². The second-order valence-corrected chi connectivity index (χ2v) is 8.52. The smallest absolute Gasteiger partial charge is 0.283 e. The first kappa shape index (κ1) is 17.9. The third kappa shape index (κ3) is 3.16. The minimum absolute atomic E-state index is 0.0491. The highest BCUT2D eigenvalue weighted by Gasteiger charge is 2.18. The lowest BCUT2D eigenvalue weighted by molar-refractivity contribution is 0.804. The number of aromatic amines is 1. The fourth-order valence-corrected chi connectivity index (χ4v) is 4.36. The number of nitrogens with one attached hydrogen (secondary N) is 1. The van der Waals surface area contributed by atoms with Gasteiger partial charge in [-0.3, -0.25) is 9.36 Å². The molecule has 0 unspecified atom stereocenters. The van der Waals surface area contributed by atoms with Crippen molar-refractivity contribution in [3.05, 3.63) is 63.9 Å². The summed E-state index contributed by atoms with van der Waals surface area (Å²) in [6.07, 6.45) is 1.01. The number of aromatic nitrogens is 3. The molecule has 0 radical (unpaired) electrons. The quantitative estimate of drug-likeness (QED) is 0.384. The number of hydrogen-bond donors (Lipinski definition) is 1. The number of benzene rings is 2. The molecular weight excluding hydrogens is 354 g/mol. The summed E-state index contributed by atoms with van der Waals surface area (Å²) < 4.78 is 1.76. The van der Waals surface area contributed by atoms with E-state index >= 15 is 0 Å². The first-order valence-corrected chi connectivity index (χ1v) is 10.1. The van der Waals surface area contributed by atoms with Crippen molar-refractivity contribution in [1.29, 1.82) is 0 Å². The minimum atomic E-state index is -0.0491. The summed E-state index contributed by atoms with van der Waals surface area (Å²) in [6, 6.07) is 14.2. The SMILES string of the molecule is CC[C@H](C)Sc1nc2c([nH]c3ccccc32)c(=O)n1-c1cc(C)cc(C)c1. The molecule has 4 aromatic rings. The van der Waals surface area contributed by atoms with E-state index in [1.54, 1.807) is 16.3 Å². The number of aryl methyl sites for hydroxylation is 2. The van der Waals surface area contributed by atoms with Crippen molar-refractivity contribution in [2.24, 2.45) is 0 Å². The molecule has 1 N–H and O–H groups in total. The van der Waals surface area contributed by atoms with Gasteiger partial charge < -0.3 is 4.98 Å². The zero-order chi connectivity index (χ0) is 19.1. The number of hydrogen-bond acceptors (Lipinski definition) is 3. The van der Waals surface area contributed by atoms with Crippen molar-refractivity contribution in [2.75, 3.05) is 0 Å². The molecule has 4 rings (SSSR count). The zero-order valence-corrected chi connectivity index (χ0v) is 16.9. The first-order chi connectivity index (χ1) is 13.0. The topological polar surface area (TPSA) is 50.7 Å². The minimum Gasteiger partial charge on any atom is -0.349 e. The molecule has 0 fully saturated rings. The van der Waals surface area contributed by atoms with E-state index in [0.29, 0.717) is 10.8 Å². The summed E-state index contributed by atoms with van der Waals surface area (Å²) in [4.78, 5) is 21.7. The van der Waals surface area contributed by atoms with Gasteiger partial charge in [-0.15, -0.1) is 0 Å². The summed E-state index contributed by atoms with van der Waals surface area (Å²) in [7, 11) is 0. The van der Waals surface area contributed by atoms with Crippen molar-refractivity contribution >= 4 is 33.7 Å². The summed E-state index contributed by atoms with van der Waals surface area (Å²) in [6.45, 7) is 8.43. The average Bonchev–Trinajstić information content (AvgIpc) is 3.00. The van der Waals surface area contributed by atoms with Gasteiger partial charge in [0.25, 0.3) is 5.56 Å². The Morgan fingerprint density at radius 1 is 1.15 bits per heavy atom. The lowest BCUT2D eigenvalue weighted by atomic mass is 10.1. The van der Waals surface area contributed by atoms with Gasteiger partial charge in [-0.2, -0.15) is 0 Å². The molecule has 5 heteroatoms.